The van der Waals surface area contributed by atoms with Crippen LogP contribution < -0.4 is 4.74 Å². The molecule has 45 heavy (non-hydrogen) atoms. The Morgan fingerprint density at radius 2 is 2.00 bits per heavy atom. The molecule has 0 radical (unpaired) electrons. The maximum Gasteiger partial charge on any atom is 0.335 e. The molecular weight excluding hydrogens is 608 g/mol. The fourth-order valence-corrected chi connectivity index (χ4v) is 5.97. The molecule has 0 bridgehead atoms. The minimum Gasteiger partial charge on any atom is -0.485 e. The highest BCUT2D eigenvalue weighted by molar-refractivity contribution is 6.35. The summed E-state index contributed by atoms with van der Waals surface area (Å²) in [5.74, 6) is -1.33. The maximum absolute atomic E-state index is 15.1. The fourth-order valence-electron chi connectivity index (χ4n) is 5.77. The van der Waals surface area contributed by atoms with Gasteiger partial charge in [-0.05, 0) is 48.7 Å². The van der Waals surface area contributed by atoms with Crippen LogP contribution in [-0.4, -0.2) is 50.7 Å². The minimum absolute atomic E-state index is 0.0135. The van der Waals surface area contributed by atoms with Gasteiger partial charge in [0.15, 0.2) is 11.6 Å². The fraction of sp³-hybridized carbons (Fsp3) is 0.242. The molecule has 0 aliphatic carbocycles. The lowest BCUT2D eigenvalue weighted by Gasteiger charge is -2.29. The van der Waals surface area contributed by atoms with Crippen molar-refractivity contribution in [1.29, 1.82) is 0 Å². The van der Waals surface area contributed by atoms with Crippen LogP contribution in [-0.2, 0) is 29.2 Å². The van der Waals surface area contributed by atoms with E-state index in [1.165, 1.54) is 24.3 Å². The Bertz CT molecular complexity index is 2010. The second kappa shape index (κ2) is 11.6. The Kier molecular flexibility index (Phi) is 7.50. The summed E-state index contributed by atoms with van der Waals surface area (Å²) in [5, 5.41) is 10.2. The zero-order valence-corrected chi connectivity index (χ0v) is 24.5. The zero-order valence-electron chi connectivity index (χ0n) is 23.8. The lowest BCUT2D eigenvalue weighted by atomic mass is 9.98. The molecule has 9 nitrogen and oxygen atoms in total. The largest absolute Gasteiger partial charge is 0.485 e. The number of benzene rings is 3. The molecule has 2 aromatic heterocycles. The first kappa shape index (κ1) is 29.0. The molecule has 0 unspecified atom stereocenters. The second-order valence-corrected chi connectivity index (χ2v) is 11.4. The van der Waals surface area contributed by atoms with E-state index in [2.05, 4.69) is 0 Å². The van der Waals surface area contributed by atoms with Crippen molar-refractivity contribution in [1.82, 2.24) is 14.5 Å². The molecule has 1 saturated heterocycles. The number of imidazole rings is 1. The second-order valence-electron chi connectivity index (χ2n) is 11.0. The number of fused-ring (bicyclic) bond motifs is 2. The van der Waals surface area contributed by atoms with E-state index < -0.39 is 17.8 Å². The van der Waals surface area contributed by atoms with Gasteiger partial charge in [0.1, 0.15) is 18.0 Å². The number of ether oxygens (including phenoxy) is 2. The summed E-state index contributed by atoms with van der Waals surface area (Å²) in [6.07, 6.45) is 2.76. The van der Waals surface area contributed by atoms with E-state index in [-0.39, 0.29) is 42.1 Å². The molecule has 1 amide bonds. The third-order valence-corrected chi connectivity index (χ3v) is 8.54. The van der Waals surface area contributed by atoms with Crippen molar-refractivity contribution < 1.29 is 37.4 Å². The van der Waals surface area contributed by atoms with Gasteiger partial charge in [0.05, 0.1) is 40.8 Å². The molecule has 7 rings (SSSR count). The highest BCUT2D eigenvalue weighted by Crippen LogP contribution is 2.35. The molecule has 0 spiro atoms. The van der Waals surface area contributed by atoms with E-state index in [0.29, 0.717) is 70.1 Å². The van der Waals surface area contributed by atoms with Crippen LogP contribution in [0.4, 0.5) is 8.78 Å². The zero-order chi connectivity index (χ0) is 31.2. The monoisotopic (exact) mass is 633 g/mol. The van der Waals surface area contributed by atoms with Gasteiger partial charge in [0, 0.05) is 41.8 Å². The molecule has 0 saturated carbocycles. The molecule has 1 fully saturated rings. The topological polar surface area (TPSA) is 107 Å². The lowest BCUT2D eigenvalue weighted by Crippen LogP contribution is -2.36. The van der Waals surface area contributed by atoms with Crippen LogP contribution in [0.5, 0.6) is 5.75 Å². The van der Waals surface area contributed by atoms with E-state index >= 15 is 4.39 Å². The van der Waals surface area contributed by atoms with E-state index in [1.54, 1.807) is 41.3 Å². The number of halogens is 3. The molecule has 4 heterocycles. The predicted octanol–water partition coefficient (Wildman–Crippen LogP) is 6.60. The number of carbonyl (C=O) groups excluding carboxylic acids is 1. The van der Waals surface area contributed by atoms with Gasteiger partial charge in [-0.3, -0.25) is 4.79 Å². The molecule has 2 aliphatic rings. The number of amides is 1. The Labute approximate surface area is 260 Å². The van der Waals surface area contributed by atoms with Crippen LogP contribution in [0.15, 0.2) is 65.1 Å². The summed E-state index contributed by atoms with van der Waals surface area (Å²) in [5.41, 5.74) is 3.20. The van der Waals surface area contributed by atoms with Gasteiger partial charge in [-0.1, -0.05) is 29.8 Å². The molecule has 3 aromatic carbocycles. The number of carbonyl (C=O) groups is 2. The maximum atomic E-state index is 15.1. The number of hydrogen-bond acceptors (Lipinski definition) is 6. The lowest BCUT2D eigenvalue weighted by molar-refractivity contribution is -0.127. The molecular formula is C33H26ClF2N3O6. The predicted molar refractivity (Wildman–Crippen MR) is 161 cm³/mol. The number of para-hydroxylation sites is 1. The van der Waals surface area contributed by atoms with Crippen LogP contribution >= 0.6 is 11.6 Å². The molecule has 5 aromatic rings. The van der Waals surface area contributed by atoms with Crippen molar-refractivity contribution in [3.05, 3.63) is 100 Å². The van der Waals surface area contributed by atoms with Gasteiger partial charge in [0.25, 0.3) is 6.01 Å². The summed E-state index contributed by atoms with van der Waals surface area (Å²) in [4.78, 5) is 31.4. The molecule has 12 heteroatoms. The Morgan fingerprint density at radius 1 is 1.16 bits per heavy atom. The first-order valence-corrected chi connectivity index (χ1v) is 14.7. The SMILES string of the molecule is O=C(O)c1ccc2nc(CN3CCC(c4cccc(F)c4OCc4ccc(Cl)c5cc(F)oc45)=CC3=O)n(C[C@@H]3CCO3)c2c1. The normalized spacial score (nSPS) is 16.7. The van der Waals surface area contributed by atoms with Gasteiger partial charge in [-0.15, -0.1) is 0 Å². The van der Waals surface area contributed by atoms with E-state index in [1.807, 2.05) is 4.57 Å². The molecule has 230 valence electrons. The van der Waals surface area contributed by atoms with Gasteiger partial charge in [-0.25, -0.2) is 14.2 Å². The van der Waals surface area contributed by atoms with Crippen molar-refractivity contribution in [3.63, 3.8) is 0 Å². The van der Waals surface area contributed by atoms with Gasteiger partial charge in [0.2, 0.25) is 5.91 Å². The number of carboxylic acids is 1. The quantitative estimate of drug-likeness (QED) is 0.195. The van der Waals surface area contributed by atoms with Crippen molar-refractivity contribution in [3.8, 4) is 5.75 Å². The Morgan fingerprint density at radius 3 is 2.76 bits per heavy atom. The van der Waals surface area contributed by atoms with Crippen molar-refractivity contribution in [2.75, 3.05) is 13.2 Å². The van der Waals surface area contributed by atoms with Crippen LogP contribution in [0.1, 0.15) is 40.2 Å². The molecule has 1 atom stereocenters. The number of nitrogens with zero attached hydrogens (tertiary/aromatic N) is 3. The highest BCUT2D eigenvalue weighted by Gasteiger charge is 2.27. The van der Waals surface area contributed by atoms with Gasteiger partial charge in [-0.2, -0.15) is 4.39 Å². The average molecular weight is 634 g/mol. The minimum atomic E-state index is -1.04. The molecule has 2 aliphatic heterocycles. The smallest absolute Gasteiger partial charge is 0.335 e. The van der Waals surface area contributed by atoms with Crippen LogP contribution in [0.3, 0.4) is 0 Å². The Balaban J connectivity index is 1.13. The average Bonchev–Trinajstić information content (AvgIpc) is 3.56. The highest BCUT2D eigenvalue weighted by atomic mass is 35.5. The van der Waals surface area contributed by atoms with Crippen LogP contribution in [0.25, 0.3) is 27.6 Å². The van der Waals surface area contributed by atoms with E-state index in [9.17, 15) is 19.1 Å². The standard InChI is InChI=1S/C33H26ClF2N3O6/c34-24-6-4-20(31-23(24)14-28(36)45-31)17-44-32-22(2-1-3-25(32)35)18-8-10-38(30(40)13-18)16-29-37-26-7-5-19(33(41)42)12-27(26)39(29)15-21-9-11-43-21/h1-7,12-14,21H,8-11,15-17H2,(H,41,42)/t21-/m0/s1. The van der Waals surface area contributed by atoms with E-state index in [0.717, 1.165) is 6.42 Å². The van der Waals surface area contributed by atoms with Crippen molar-refractivity contribution >= 4 is 51.1 Å². The number of aromatic nitrogens is 2. The summed E-state index contributed by atoms with van der Waals surface area (Å²) in [7, 11) is 0. The van der Waals surface area contributed by atoms with Gasteiger partial charge >= 0.3 is 5.97 Å². The van der Waals surface area contributed by atoms with Crippen LogP contribution in [0, 0.1) is 11.8 Å². The summed E-state index contributed by atoms with van der Waals surface area (Å²) < 4.78 is 47.6. The summed E-state index contributed by atoms with van der Waals surface area (Å²) in [6.45, 7) is 1.58. The number of hydrogen-bond donors (Lipinski definition) is 1. The summed E-state index contributed by atoms with van der Waals surface area (Å²) in [6, 6.07) is 12.9. The van der Waals surface area contributed by atoms with Crippen molar-refractivity contribution in [2.45, 2.75) is 38.6 Å². The molecule has 1 N–H and O–H groups in total. The van der Waals surface area contributed by atoms with Crippen LogP contribution in [0.2, 0.25) is 5.02 Å². The third kappa shape index (κ3) is 5.53. The number of furan rings is 1. The first-order chi connectivity index (χ1) is 21.7. The van der Waals surface area contributed by atoms with Crippen molar-refractivity contribution in [2.24, 2.45) is 0 Å². The Hall–Kier alpha value is -4.74. The first-order valence-electron chi connectivity index (χ1n) is 14.4. The number of rotatable bonds is 9. The van der Waals surface area contributed by atoms with E-state index in [4.69, 9.17) is 30.5 Å². The number of aromatic carboxylic acids is 1. The third-order valence-electron chi connectivity index (χ3n) is 8.21. The summed E-state index contributed by atoms with van der Waals surface area (Å²) >= 11 is 6.16. The van der Waals surface area contributed by atoms with Gasteiger partial charge < -0.3 is 28.5 Å². The number of carboxylic acid groups (broad SMARTS) is 1.